The van der Waals surface area contributed by atoms with Crippen molar-refractivity contribution in [3.63, 3.8) is 0 Å². The van der Waals surface area contributed by atoms with Gasteiger partial charge in [-0.25, -0.2) is 14.6 Å². The van der Waals surface area contributed by atoms with E-state index < -0.39 is 12.0 Å². The summed E-state index contributed by atoms with van der Waals surface area (Å²) in [5.41, 5.74) is 0. The lowest BCUT2D eigenvalue weighted by Crippen LogP contribution is -2.45. The zero-order chi connectivity index (χ0) is 12.3. The van der Waals surface area contributed by atoms with Crippen LogP contribution in [0.15, 0.2) is 12.4 Å². The SMILES string of the molecule is O=C(O)[C@@H]1CCCN1C(=O)NCc1ncc[nH]1. The molecule has 0 bridgehead atoms. The predicted molar refractivity (Wildman–Crippen MR) is 58.2 cm³/mol. The molecule has 1 saturated heterocycles. The molecule has 1 aliphatic heterocycles. The number of hydrogen-bond acceptors (Lipinski definition) is 3. The summed E-state index contributed by atoms with van der Waals surface area (Å²) in [6.07, 6.45) is 4.50. The van der Waals surface area contributed by atoms with Crippen molar-refractivity contribution in [1.29, 1.82) is 0 Å². The Kier molecular flexibility index (Phi) is 3.27. The molecule has 17 heavy (non-hydrogen) atoms. The second-order valence-corrected chi connectivity index (χ2v) is 3.88. The molecular weight excluding hydrogens is 224 g/mol. The molecule has 0 spiro atoms. The highest BCUT2D eigenvalue weighted by Gasteiger charge is 2.33. The first-order chi connectivity index (χ1) is 8.18. The van der Waals surface area contributed by atoms with Crippen LogP contribution >= 0.6 is 0 Å². The van der Waals surface area contributed by atoms with Gasteiger partial charge < -0.3 is 20.3 Å². The molecule has 3 N–H and O–H groups in total. The molecule has 0 aliphatic carbocycles. The first-order valence-corrected chi connectivity index (χ1v) is 5.44. The highest BCUT2D eigenvalue weighted by molar-refractivity contribution is 5.83. The summed E-state index contributed by atoms with van der Waals surface area (Å²) in [7, 11) is 0. The number of H-pyrrole nitrogens is 1. The van der Waals surface area contributed by atoms with Crippen LogP contribution in [0.25, 0.3) is 0 Å². The topological polar surface area (TPSA) is 98.3 Å². The summed E-state index contributed by atoms with van der Waals surface area (Å²) >= 11 is 0. The zero-order valence-corrected chi connectivity index (χ0v) is 9.22. The first kappa shape index (κ1) is 11.4. The maximum Gasteiger partial charge on any atom is 0.326 e. The Balaban J connectivity index is 1.89. The lowest BCUT2D eigenvalue weighted by molar-refractivity contribution is -0.141. The number of amides is 2. The summed E-state index contributed by atoms with van der Waals surface area (Å²) in [6, 6.07) is -1.06. The van der Waals surface area contributed by atoms with Crippen LogP contribution in [0.1, 0.15) is 18.7 Å². The molecule has 1 aromatic heterocycles. The van der Waals surface area contributed by atoms with E-state index in [9.17, 15) is 9.59 Å². The summed E-state index contributed by atoms with van der Waals surface area (Å²) in [5.74, 6) is -0.305. The molecule has 1 fully saturated rings. The van der Waals surface area contributed by atoms with E-state index >= 15 is 0 Å². The van der Waals surface area contributed by atoms with Gasteiger partial charge in [0.2, 0.25) is 0 Å². The Morgan fingerprint density at radius 1 is 1.65 bits per heavy atom. The van der Waals surface area contributed by atoms with Gasteiger partial charge in [-0.15, -0.1) is 0 Å². The van der Waals surface area contributed by atoms with Crippen molar-refractivity contribution in [1.82, 2.24) is 20.2 Å². The van der Waals surface area contributed by atoms with Crippen molar-refractivity contribution >= 4 is 12.0 Å². The van der Waals surface area contributed by atoms with Gasteiger partial charge in [-0.05, 0) is 12.8 Å². The molecule has 7 nitrogen and oxygen atoms in total. The number of carboxylic acid groups (broad SMARTS) is 1. The Bertz CT molecular complexity index is 404. The normalized spacial score (nSPS) is 19.3. The van der Waals surface area contributed by atoms with Gasteiger partial charge in [0, 0.05) is 18.9 Å². The Morgan fingerprint density at radius 2 is 2.47 bits per heavy atom. The Morgan fingerprint density at radius 3 is 3.12 bits per heavy atom. The lowest BCUT2D eigenvalue weighted by Gasteiger charge is -2.21. The highest BCUT2D eigenvalue weighted by atomic mass is 16.4. The van der Waals surface area contributed by atoms with Gasteiger partial charge >= 0.3 is 12.0 Å². The lowest BCUT2D eigenvalue weighted by atomic mass is 10.2. The summed E-state index contributed by atoms with van der Waals surface area (Å²) in [6.45, 7) is 0.760. The van der Waals surface area contributed by atoms with Gasteiger partial charge in [-0.1, -0.05) is 0 Å². The second kappa shape index (κ2) is 4.86. The molecule has 2 rings (SSSR count). The second-order valence-electron chi connectivity index (χ2n) is 3.88. The number of hydrogen-bond donors (Lipinski definition) is 3. The Hall–Kier alpha value is -2.05. The number of nitrogens with one attached hydrogen (secondary N) is 2. The third-order valence-electron chi connectivity index (χ3n) is 2.76. The molecule has 92 valence electrons. The van der Waals surface area contributed by atoms with Crippen molar-refractivity contribution in [3.8, 4) is 0 Å². The molecule has 0 aromatic carbocycles. The monoisotopic (exact) mass is 238 g/mol. The van der Waals surface area contributed by atoms with Gasteiger partial charge in [0.15, 0.2) is 0 Å². The number of carbonyl (C=O) groups is 2. The number of nitrogens with zero attached hydrogens (tertiary/aromatic N) is 2. The van der Waals surface area contributed by atoms with Crippen LogP contribution in [0.5, 0.6) is 0 Å². The average molecular weight is 238 g/mol. The molecule has 1 atom stereocenters. The molecule has 0 radical (unpaired) electrons. The van der Waals surface area contributed by atoms with E-state index in [-0.39, 0.29) is 12.6 Å². The number of aliphatic carboxylic acids is 1. The van der Waals surface area contributed by atoms with Crippen LogP contribution in [0.2, 0.25) is 0 Å². The molecule has 7 heteroatoms. The molecular formula is C10H14N4O3. The number of aromatic amines is 1. The molecule has 2 heterocycles. The fourth-order valence-corrected chi connectivity index (χ4v) is 1.92. The minimum Gasteiger partial charge on any atom is -0.480 e. The maximum absolute atomic E-state index is 11.8. The number of urea groups is 1. The number of carbonyl (C=O) groups excluding carboxylic acids is 1. The zero-order valence-electron chi connectivity index (χ0n) is 9.22. The van der Waals surface area contributed by atoms with E-state index in [1.54, 1.807) is 12.4 Å². The van der Waals surface area contributed by atoms with Gasteiger partial charge in [0.1, 0.15) is 11.9 Å². The van der Waals surface area contributed by atoms with Gasteiger partial charge in [-0.3, -0.25) is 0 Å². The highest BCUT2D eigenvalue weighted by Crippen LogP contribution is 2.17. The van der Waals surface area contributed by atoms with Crippen molar-refractivity contribution in [2.24, 2.45) is 0 Å². The third kappa shape index (κ3) is 2.55. The summed E-state index contributed by atoms with van der Waals surface area (Å²) in [4.78, 5) is 30.8. The van der Waals surface area contributed by atoms with E-state index in [4.69, 9.17) is 5.11 Å². The number of rotatable bonds is 3. The van der Waals surface area contributed by atoms with Gasteiger partial charge in [0.25, 0.3) is 0 Å². The molecule has 0 unspecified atom stereocenters. The number of imidazole rings is 1. The van der Waals surface area contributed by atoms with Crippen molar-refractivity contribution < 1.29 is 14.7 Å². The summed E-state index contributed by atoms with van der Waals surface area (Å²) < 4.78 is 0. The quantitative estimate of drug-likeness (QED) is 0.699. The van der Waals surface area contributed by atoms with Crippen molar-refractivity contribution in [2.45, 2.75) is 25.4 Å². The van der Waals surface area contributed by atoms with Crippen LogP contribution in [-0.2, 0) is 11.3 Å². The van der Waals surface area contributed by atoms with Crippen molar-refractivity contribution in [3.05, 3.63) is 18.2 Å². The van der Waals surface area contributed by atoms with Gasteiger partial charge in [-0.2, -0.15) is 0 Å². The average Bonchev–Trinajstić information content (AvgIpc) is 2.96. The van der Waals surface area contributed by atoms with Crippen LogP contribution < -0.4 is 5.32 Å². The van der Waals surface area contributed by atoms with E-state index in [1.165, 1.54) is 4.90 Å². The molecule has 0 saturated carbocycles. The molecule has 1 aromatic rings. The van der Waals surface area contributed by atoms with Crippen LogP contribution in [0.4, 0.5) is 4.79 Å². The van der Waals surface area contributed by atoms with E-state index in [2.05, 4.69) is 15.3 Å². The molecule has 1 aliphatic rings. The fourth-order valence-electron chi connectivity index (χ4n) is 1.92. The third-order valence-corrected chi connectivity index (χ3v) is 2.76. The number of aromatic nitrogens is 2. The van der Waals surface area contributed by atoms with E-state index in [0.29, 0.717) is 18.8 Å². The van der Waals surface area contributed by atoms with Crippen molar-refractivity contribution in [2.75, 3.05) is 6.54 Å². The smallest absolute Gasteiger partial charge is 0.326 e. The predicted octanol–water partition coefficient (Wildman–Crippen LogP) is 0.168. The maximum atomic E-state index is 11.8. The van der Waals surface area contributed by atoms with Crippen LogP contribution in [0, 0.1) is 0 Å². The summed E-state index contributed by atoms with van der Waals surface area (Å²) in [5, 5.41) is 11.6. The van der Waals surface area contributed by atoms with Gasteiger partial charge in [0.05, 0.1) is 6.54 Å². The fraction of sp³-hybridized carbons (Fsp3) is 0.500. The van der Waals surface area contributed by atoms with Crippen LogP contribution in [0.3, 0.4) is 0 Å². The minimum absolute atomic E-state index is 0.272. The number of carboxylic acids is 1. The minimum atomic E-state index is -0.948. The Labute approximate surface area is 97.8 Å². The number of likely N-dealkylation sites (tertiary alicyclic amines) is 1. The molecule has 2 amide bonds. The first-order valence-electron chi connectivity index (χ1n) is 5.44. The standard InChI is InChI=1S/C10H14N4O3/c15-9(16)7-2-1-5-14(7)10(17)13-6-8-11-3-4-12-8/h3-4,7H,1-2,5-6H2,(H,11,12)(H,13,17)(H,15,16)/t7-/m0/s1. The van der Waals surface area contributed by atoms with E-state index in [1.807, 2.05) is 0 Å². The van der Waals surface area contributed by atoms with E-state index in [0.717, 1.165) is 6.42 Å². The van der Waals surface area contributed by atoms with Crippen LogP contribution in [-0.4, -0.2) is 44.6 Å². The largest absolute Gasteiger partial charge is 0.480 e.